The number of anilines is 1. The Bertz CT molecular complexity index is 361. The van der Waals surface area contributed by atoms with E-state index < -0.39 is 0 Å². The van der Waals surface area contributed by atoms with E-state index in [0.717, 1.165) is 19.6 Å². The quantitative estimate of drug-likeness (QED) is 0.676. The van der Waals surface area contributed by atoms with Crippen molar-refractivity contribution in [3.63, 3.8) is 0 Å². The molecule has 1 aromatic carbocycles. The van der Waals surface area contributed by atoms with E-state index in [2.05, 4.69) is 30.4 Å². The van der Waals surface area contributed by atoms with Gasteiger partial charge in [0.25, 0.3) is 0 Å². The zero-order valence-electron chi connectivity index (χ0n) is 8.42. The van der Waals surface area contributed by atoms with Crippen LogP contribution in [-0.2, 0) is 4.74 Å². The second-order valence-electron chi connectivity index (χ2n) is 4.26. The van der Waals surface area contributed by atoms with Gasteiger partial charge in [0.1, 0.15) is 0 Å². The van der Waals surface area contributed by atoms with Crippen LogP contribution in [0.2, 0.25) is 0 Å². The molecule has 2 heterocycles. The maximum atomic E-state index is 5.56. The number of hydrogen-bond donors (Lipinski definition) is 1. The molecule has 2 atom stereocenters. The molecule has 2 nitrogen and oxygen atoms in total. The van der Waals surface area contributed by atoms with Gasteiger partial charge in [-0.25, -0.2) is 0 Å². The van der Waals surface area contributed by atoms with Crippen LogP contribution in [0.3, 0.4) is 0 Å². The molecule has 0 amide bonds. The highest BCUT2D eigenvalue weighted by molar-refractivity contribution is 5.62. The van der Waals surface area contributed by atoms with Crippen molar-refractivity contribution in [1.82, 2.24) is 0 Å². The van der Waals surface area contributed by atoms with E-state index in [1.165, 1.54) is 16.8 Å². The average Bonchev–Trinajstić information content (AvgIpc) is 2.57. The number of rotatable bonds is 0. The first-order valence-corrected chi connectivity index (χ1v) is 5.30. The molecule has 2 aliphatic rings. The molecule has 14 heavy (non-hydrogen) atoms. The van der Waals surface area contributed by atoms with Crippen LogP contribution in [0.15, 0.2) is 18.2 Å². The van der Waals surface area contributed by atoms with Gasteiger partial charge in [-0.15, -0.1) is 0 Å². The molecule has 0 aromatic heterocycles. The highest BCUT2D eigenvalue weighted by Crippen LogP contribution is 2.40. The van der Waals surface area contributed by atoms with Crippen LogP contribution < -0.4 is 5.32 Å². The number of hydrogen-bond acceptors (Lipinski definition) is 2. The van der Waals surface area contributed by atoms with Gasteiger partial charge in [0.2, 0.25) is 0 Å². The van der Waals surface area contributed by atoms with Crippen molar-refractivity contribution in [2.24, 2.45) is 0 Å². The molecule has 0 saturated carbocycles. The summed E-state index contributed by atoms with van der Waals surface area (Å²) in [6, 6.07) is 7.11. The van der Waals surface area contributed by atoms with Crippen molar-refractivity contribution < 1.29 is 4.74 Å². The van der Waals surface area contributed by atoms with E-state index in [4.69, 9.17) is 4.74 Å². The molecule has 2 aliphatic heterocycles. The third-order valence-corrected chi connectivity index (χ3v) is 3.39. The van der Waals surface area contributed by atoms with Crippen molar-refractivity contribution in [1.29, 1.82) is 0 Å². The minimum Gasteiger partial charge on any atom is -0.381 e. The Morgan fingerprint density at radius 2 is 2.36 bits per heavy atom. The Balaban J connectivity index is 2.06. The Labute approximate surface area is 84.3 Å². The van der Waals surface area contributed by atoms with E-state index in [1.54, 1.807) is 0 Å². The van der Waals surface area contributed by atoms with E-state index >= 15 is 0 Å². The molecular weight excluding hydrogens is 174 g/mol. The zero-order chi connectivity index (χ0) is 9.54. The topological polar surface area (TPSA) is 21.3 Å². The third-order valence-electron chi connectivity index (χ3n) is 3.39. The Morgan fingerprint density at radius 1 is 1.43 bits per heavy atom. The van der Waals surface area contributed by atoms with Crippen molar-refractivity contribution in [3.05, 3.63) is 29.3 Å². The van der Waals surface area contributed by atoms with Gasteiger partial charge in [0.15, 0.2) is 0 Å². The highest BCUT2D eigenvalue weighted by Gasteiger charge is 2.35. The number of aryl methyl sites for hydroxylation is 1. The summed E-state index contributed by atoms with van der Waals surface area (Å²) < 4.78 is 5.56. The number of nitrogens with one attached hydrogen (secondary N) is 1. The zero-order valence-corrected chi connectivity index (χ0v) is 8.42. The second kappa shape index (κ2) is 2.99. The summed E-state index contributed by atoms with van der Waals surface area (Å²) in [5, 5.41) is 3.60. The lowest BCUT2D eigenvalue weighted by Crippen LogP contribution is -2.30. The van der Waals surface area contributed by atoms with Crippen molar-refractivity contribution >= 4 is 5.69 Å². The van der Waals surface area contributed by atoms with Crippen LogP contribution in [0.4, 0.5) is 5.69 Å². The van der Waals surface area contributed by atoms with Gasteiger partial charge in [0.05, 0.1) is 6.61 Å². The molecule has 1 N–H and O–H groups in total. The van der Waals surface area contributed by atoms with Crippen LogP contribution in [0.5, 0.6) is 0 Å². The van der Waals surface area contributed by atoms with Gasteiger partial charge in [-0.05, 0) is 30.5 Å². The smallest absolute Gasteiger partial charge is 0.0555 e. The average molecular weight is 189 g/mol. The summed E-state index contributed by atoms with van der Waals surface area (Å²) in [7, 11) is 0. The van der Waals surface area contributed by atoms with Crippen molar-refractivity contribution in [2.45, 2.75) is 25.3 Å². The summed E-state index contributed by atoms with van der Waals surface area (Å²) in [5.74, 6) is 0.583. The monoisotopic (exact) mass is 189 g/mol. The summed E-state index contributed by atoms with van der Waals surface area (Å²) in [6.07, 6.45) is 1.14. The lowest BCUT2D eigenvalue weighted by Gasteiger charge is -2.26. The Hall–Kier alpha value is -1.02. The summed E-state index contributed by atoms with van der Waals surface area (Å²) in [6.45, 7) is 3.98. The molecular formula is C12H15NO. The van der Waals surface area contributed by atoms with Crippen LogP contribution in [0.1, 0.15) is 23.5 Å². The van der Waals surface area contributed by atoms with E-state index in [-0.39, 0.29) is 0 Å². The van der Waals surface area contributed by atoms with Crippen LogP contribution in [0, 0.1) is 6.92 Å². The Kier molecular flexibility index (Phi) is 1.77. The molecule has 0 aliphatic carbocycles. The molecule has 1 fully saturated rings. The molecule has 1 aromatic rings. The first kappa shape index (κ1) is 8.30. The normalized spacial score (nSPS) is 29.2. The van der Waals surface area contributed by atoms with E-state index in [1.807, 2.05) is 0 Å². The predicted octanol–water partition coefficient (Wildman–Crippen LogP) is 2.29. The molecule has 0 bridgehead atoms. The number of fused-ring (bicyclic) bond motifs is 3. The van der Waals surface area contributed by atoms with Crippen LogP contribution >= 0.6 is 0 Å². The number of benzene rings is 1. The summed E-state index contributed by atoms with van der Waals surface area (Å²) in [5.41, 5.74) is 4.20. The fourth-order valence-corrected chi connectivity index (χ4v) is 2.69. The molecule has 74 valence electrons. The van der Waals surface area contributed by atoms with Gasteiger partial charge in [0, 0.05) is 24.3 Å². The molecule has 0 spiro atoms. The van der Waals surface area contributed by atoms with Crippen molar-refractivity contribution in [2.75, 3.05) is 18.5 Å². The predicted molar refractivity (Wildman–Crippen MR) is 56.8 cm³/mol. The van der Waals surface area contributed by atoms with Gasteiger partial charge in [-0.2, -0.15) is 0 Å². The van der Waals surface area contributed by atoms with E-state index in [0.29, 0.717) is 12.0 Å². The van der Waals surface area contributed by atoms with Gasteiger partial charge in [-0.3, -0.25) is 0 Å². The summed E-state index contributed by atoms with van der Waals surface area (Å²) in [4.78, 5) is 0. The van der Waals surface area contributed by atoms with Gasteiger partial charge < -0.3 is 10.1 Å². The van der Waals surface area contributed by atoms with Gasteiger partial charge >= 0.3 is 0 Å². The van der Waals surface area contributed by atoms with Gasteiger partial charge in [-0.1, -0.05) is 12.1 Å². The van der Waals surface area contributed by atoms with Crippen molar-refractivity contribution in [3.8, 4) is 0 Å². The molecule has 1 saturated heterocycles. The highest BCUT2D eigenvalue weighted by atomic mass is 16.5. The largest absolute Gasteiger partial charge is 0.381 e. The van der Waals surface area contributed by atoms with Crippen LogP contribution in [0.25, 0.3) is 0 Å². The maximum absolute atomic E-state index is 5.56. The van der Waals surface area contributed by atoms with E-state index in [9.17, 15) is 0 Å². The minimum absolute atomic E-state index is 0.583. The van der Waals surface area contributed by atoms with Crippen LogP contribution in [-0.4, -0.2) is 19.3 Å². The first-order chi connectivity index (χ1) is 6.86. The Morgan fingerprint density at radius 3 is 3.29 bits per heavy atom. The lowest BCUT2D eigenvalue weighted by atomic mass is 9.90. The summed E-state index contributed by atoms with van der Waals surface area (Å²) >= 11 is 0. The fourth-order valence-electron chi connectivity index (χ4n) is 2.69. The first-order valence-electron chi connectivity index (χ1n) is 5.30. The lowest BCUT2D eigenvalue weighted by molar-refractivity contribution is 0.0767. The second-order valence-corrected chi connectivity index (χ2v) is 4.26. The molecule has 3 rings (SSSR count). The SMILES string of the molecule is Cc1cccc2c1C1COCCC1N2. The minimum atomic E-state index is 0.583. The standard InChI is InChI=1S/C12H15NO/c1-8-3-2-4-11-12(8)9-7-14-6-5-10(9)13-11/h2-4,9-10,13H,5-7H2,1H3. The number of ether oxygens (including phenoxy) is 1. The molecule has 0 radical (unpaired) electrons. The molecule has 2 unspecified atom stereocenters. The third kappa shape index (κ3) is 1.07. The fraction of sp³-hybridized carbons (Fsp3) is 0.500. The maximum Gasteiger partial charge on any atom is 0.0555 e. The molecule has 2 heteroatoms.